The van der Waals surface area contributed by atoms with Gasteiger partial charge in [0.15, 0.2) is 0 Å². The van der Waals surface area contributed by atoms with Gasteiger partial charge >= 0.3 is 5.97 Å². The first-order valence-corrected chi connectivity index (χ1v) is 5.50. The van der Waals surface area contributed by atoms with Gasteiger partial charge in [0.1, 0.15) is 17.3 Å². The Labute approximate surface area is 103 Å². The zero-order valence-electron chi connectivity index (χ0n) is 9.81. The van der Waals surface area contributed by atoms with Gasteiger partial charge in [0.05, 0.1) is 0 Å². The summed E-state index contributed by atoms with van der Waals surface area (Å²) in [4.78, 5) is 22.1. The first-order valence-electron chi connectivity index (χ1n) is 5.50. The summed E-state index contributed by atoms with van der Waals surface area (Å²) in [7, 11) is 0. The lowest BCUT2D eigenvalue weighted by Gasteiger charge is -2.06. The molecular weight excluding hydrogens is 237 g/mol. The Morgan fingerprint density at radius 1 is 1.33 bits per heavy atom. The number of aromatic carboxylic acids is 1. The summed E-state index contributed by atoms with van der Waals surface area (Å²) in [5.41, 5.74) is 0.687. The Balaban J connectivity index is 2.55. The van der Waals surface area contributed by atoms with Gasteiger partial charge in [-0.05, 0) is 31.2 Å². The fourth-order valence-electron chi connectivity index (χ4n) is 1.93. The number of Topliss-reactive ketones (excluding diaryl/α,β-unsaturated/α-hetero) is 1. The molecule has 1 aromatic heterocycles. The predicted molar refractivity (Wildman–Crippen MR) is 64.2 cm³/mol. The lowest BCUT2D eigenvalue weighted by molar-refractivity contribution is -0.117. The average molecular weight is 249 g/mol. The highest BCUT2D eigenvalue weighted by atomic mass is 19.1. The summed E-state index contributed by atoms with van der Waals surface area (Å²) in [6.07, 6.45) is 0.251. The second-order valence-corrected chi connectivity index (χ2v) is 4.14. The molecule has 94 valence electrons. The molecule has 18 heavy (non-hydrogen) atoms. The maximum absolute atomic E-state index is 13.1. The largest absolute Gasteiger partial charge is 0.477 e. The zero-order chi connectivity index (χ0) is 13.3. The fourth-order valence-corrected chi connectivity index (χ4v) is 1.93. The molecule has 0 saturated carbocycles. The van der Waals surface area contributed by atoms with E-state index in [4.69, 9.17) is 5.11 Å². The highest BCUT2D eigenvalue weighted by Gasteiger charge is 2.15. The molecule has 0 radical (unpaired) electrons. The number of hydrogen-bond donors (Lipinski definition) is 1. The van der Waals surface area contributed by atoms with Crippen LogP contribution < -0.4 is 0 Å². The highest BCUT2D eigenvalue weighted by molar-refractivity contribution is 5.94. The summed E-state index contributed by atoms with van der Waals surface area (Å²) < 4.78 is 14.6. The van der Waals surface area contributed by atoms with E-state index >= 15 is 0 Å². The third kappa shape index (κ3) is 2.25. The minimum Gasteiger partial charge on any atom is -0.477 e. The molecule has 1 N–H and O–H groups in total. The van der Waals surface area contributed by atoms with Crippen molar-refractivity contribution < 1.29 is 19.1 Å². The van der Waals surface area contributed by atoms with Gasteiger partial charge in [0, 0.05) is 23.9 Å². The molecule has 0 atom stereocenters. The quantitative estimate of drug-likeness (QED) is 0.905. The van der Waals surface area contributed by atoms with E-state index in [1.54, 1.807) is 0 Å². The van der Waals surface area contributed by atoms with Crippen LogP contribution in [-0.4, -0.2) is 21.4 Å². The maximum Gasteiger partial charge on any atom is 0.352 e. The first kappa shape index (κ1) is 12.3. The SMILES string of the molecule is CC(=O)CCn1c(C(=O)O)cc2cc(F)ccc21. The first-order chi connectivity index (χ1) is 8.49. The maximum atomic E-state index is 13.1. The Morgan fingerprint density at radius 3 is 2.67 bits per heavy atom. The summed E-state index contributed by atoms with van der Waals surface area (Å²) >= 11 is 0. The van der Waals surface area contributed by atoms with E-state index in [2.05, 4.69) is 0 Å². The lowest BCUT2D eigenvalue weighted by Crippen LogP contribution is -2.10. The molecule has 0 aliphatic carbocycles. The number of carboxylic acid groups (broad SMARTS) is 1. The van der Waals surface area contributed by atoms with Crippen LogP contribution in [0.4, 0.5) is 4.39 Å². The van der Waals surface area contributed by atoms with Crippen LogP contribution in [-0.2, 0) is 11.3 Å². The molecule has 2 rings (SSSR count). The van der Waals surface area contributed by atoms with Gasteiger partial charge in [-0.3, -0.25) is 4.79 Å². The Hall–Kier alpha value is -2.17. The monoisotopic (exact) mass is 249 g/mol. The van der Waals surface area contributed by atoms with Crippen molar-refractivity contribution in [2.45, 2.75) is 19.9 Å². The van der Waals surface area contributed by atoms with Crippen molar-refractivity contribution in [1.29, 1.82) is 0 Å². The molecular formula is C13H12FNO3. The van der Waals surface area contributed by atoms with Gasteiger partial charge in [-0.15, -0.1) is 0 Å². The smallest absolute Gasteiger partial charge is 0.352 e. The molecule has 0 spiro atoms. The molecule has 0 saturated heterocycles. The highest BCUT2D eigenvalue weighted by Crippen LogP contribution is 2.21. The van der Waals surface area contributed by atoms with Crippen molar-refractivity contribution in [2.75, 3.05) is 0 Å². The summed E-state index contributed by atoms with van der Waals surface area (Å²) in [5.74, 6) is -1.52. The number of aromatic nitrogens is 1. The summed E-state index contributed by atoms with van der Waals surface area (Å²) in [6, 6.07) is 5.50. The van der Waals surface area contributed by atoms with E-state index in [0.29, 0.717) is 10.9 Å². The molecule has 1 aromatic carbocycles. The van der Waals surface area contributed by atoms with Crippen molar-refractivity contribution in [3.8, 4) is 0 Å². The Kier molecular flexibility index (Phi) is 3.14. The van der Waals surface area contributed by atoms with E-state index in [-0.39, 0.29) is 24.4 Å². The number of carbonyl (C=O) groups is 2. The molecule has 0 fully saturated rings. The third-order valence-corrected chi connectivity index (χ3v) is 2.77. The molecule has 4 nitrogen and oxygen atoms in total. The predicted octanol–water partition coefficient (Wildman–Crippen LogP) is 2.46. The minimum absolute atomic E-state index is 0.0182. The minimum atomic E-state index is -1.09. The van der Waals surface area contributed by atoms with E-state index in [0.717, 1.165) is 0 Å². The van der Waals surface area contributed by atoms with Crippen LogP contribution >= 0.6 is 0 Å². The number of aryl methyl sites for hydroxylation is 1. The van der Waals surface area contributed by atoms with E-state index in [1.165, 1.54) is 35.8 Å². The number of hydrogen-bond acceptors (Lipinski definition) is 2. The van der Waals surface area contributed by atoms with Crippen molar-refractivity contribution in [1.82, 2.24) is 4.57 Å². The van der Waals surface area contributed by atoms with Crippen LogP contribution in [0.3, 0.4) is 0 Å². The van der Waals surface area contributed by atoms with Gasteiger partial charge in [-0.1, -0.05) is 0 Å². The van der Waals surface area contributed by atoms with Crippen molar-refractivity contribution >= 4 is 22.7 Å². The van der Waals surface area contributed by atoms with Crippen LogP contribution in [0.5, 0.6) is 0 Å². The van der Waals surface area contributed by atoms with Crippen LogP contribution in [0, 0.1) is 5.82 Å². The number of rotatable bonds is 4. The zero-order valence-corrected chi connectivity index (χ0v) is 9.81. The number of halogens is 1. The standard InChI is InChI=1S/C13H12FNO3/c1-8(16)4-5-15-11-3-2-10(14)6-9(11)7-12(15)13(17)18/h2-3,6-7H,4-5H2,1H3,(H,17,18). The normalized spacial score (nSPS) is 10.8. The van der Waals surface area contributed by atoms with Gasteiger partial charge < -0.3 is 9.67 Å². The average Bonchev–Trinajstić information content (AvgIpc) is 2.64. The van der Waals surface area contributed by atoms with Crippen LogP contribution in [0.1, 0.15) is 23.8 Å². The van der Waals surface area contributed by atoms with E-state index in [1.807, 2.05) is 0 Å². The second-order valence-electron chi connectivity index (χ2n) is 4.14. The number of carbonyl (C=O) groups excluding carboxylic acids is 1. The second kappa shape index (κ2) is 4.60. The molecule has 5 heteroatoms. The number of nitrogens with zero attached hydrogens (tertiary/aromatic N) is 1. The topological polar surface area (TPSA) is 59.3 Å². The van der Waals surface area contributed by atoms with Gasteiger partial charge in [0.2, 0.25) is 0 Å². The molecule has 1 heterocycles. The molecule has 0 bridgehead atoms. The number of carboxylic acids is 1. The van der Waals surface area contributed by atoms with Crippen LogP contribution in [0.15, 0.2) is 24.3 Å². The van der Waals surface area contributed by atoms with E-state index in [9.17, 15) is 14.0 Å². The fraction of sp³-hybridized carbons (Fsp3) is 0.231. The van der Waals surface area contributed by atoms with Crippen molar-refractivity contribution in [3.05, 3.63) is 35.8 Å². The third-order valence-electron chi connectivity index (χ3n) is 2.77. The van der Waals surface area contributed by atoms with Gasteiger partial charge in [0.25, 0.3) is 0 Å². The van der Waals surface area contributed by atoms with Crippen molar-refractivity contribution in [2.24, 2.45) is 0 Å². The Bertz CT molecular complexity index is 630. The van der Waals surface area contributed by atoms with Crippen molar-refractivity contribution in [3.63, 3.8) is 0 Å². The lowest BCUT2D eigenvalue weighted by atomic mass is 10.2. The van der Waals surface area contributed by atoms with Gasteiger partial charge in [-0.2, -0.15) is 0 Å². The molecule has 0 aliphatic rings. The molecule has 0 amide bonds. The van der Waals surface area contributed by atoms with Crippen LogP contribution in [0.2, 0.25) is 0 Å². The Morgan fingerprint density at radius 2 is 2.06 bits per heavy atom. The number of ketones is 1. The number of fused-ring (bicyclic) bond motifs is 1. The van der Waals surface area contributed by atoms with E-state index < -0.39 is 11.8 Å². The molecule has 0 unspecified atom stereocenters. The van der Waals surface area contributed by atoms with Crippen LogP contribution in [0.25, 0.3) is 10.9 Å². The van der Waals surface area contributed by atoms with Gasteiger partial charge in [-0.25, -0.2) is 9.18 Å². The summed E-state index contributed by atoms with van der Waals surface area (Å²) in [6.45, 7) is 1.73. The number of benzene rings is 1. The summed E-state index contributed by atoms with van der Waals surface area (Å²) in [5, 5.41) is 9.63. The molecule has 2 aromatic rings. The molecule has 0 aliphatic heterocycles.